The van der Waals surface area contributed by atoms with Crippen molar-refractivity contribution < 1.29 is 19.8 Å². The van der Waals surface area contributed by atoms with E-state index in [1.54, 1.807) is 0 Å². The molecule has 0 saturated carbocycles. The lowest BCUT2D eigenvalue weighted by molar-refractivity contribution is -0.139. The van der Waals surface area contributed by atoms with E-state index in [0.717, 1.165) is 0 Å². The summed E-state index contributed by atoms with van der Waals surface area (Å²) in [5.41, 5.74) is 5.00. The van der Waals surface area contributed by atoms with E-state index in [4.69, 9.17) is 15.9 Å². The number of nitrogens with two attached hydrogens (primary N) is 1. The first-order valence-electron chi connectivity index (χ1n) is 3.74. The average molecular weight is 177 g/mol. The number of aliphatic carboxylic acids is 2. The molecule has 4 N–H and O–H groups in total. The van der Waals surface area contributed by atoms with Gasteiger partial charge in [0.2, 0.25) is 0 Å². The summed E-state index contributed by atoms with van der Waals surface area (Å²) in [7, 11) is 0. The fraction of sp³-hybridized carbons (Fsp3) is 0.714. The summed E-state index contributed by atoms with van der Waals surface area (Å²) in [6.45, 7) is 4.00. The molecule has 0 aliphatic carbocycles. The maximum absolute atomic E-state index is 9.99. The summed E-state index contributed by atoms with van der Waals surface area (Å²) in [4.78, 5) is 19.9. The molecule has 0 amide bonds. The highest BCUT2D eigenvalue weighted by Crippen LogP contribution is 1.93. The van der Waals surface area contributed by atoms with Crippen LogP contribution in [-0.2, 0) is 9.59 Å². The van der Waals surface area contributed by atoms with Gasteiger partial charge in [-0.15, -0.1) is 0 Å². The van der Waals surface area contributed by atoms with Gasteiger partial charge >= 0.3 is 11.9 Å². The number of carboxylic acid groups (broad SMARTS) is 2. The summed E-state index contributed by atoms with van der Waals surface area (Å²) >= 11 is 0. The Labute approximate surface area is 71.2 Å². The Morgan fingerprint density at radius 3 is 2.00 bits per heavy atom. The van der Waals surface area contributed by atoms with E-state index in [9.17, 15) is 9.59 Å². The van der Waals surface area contributed by atoms with Gasteiger partial charge in [-0.05, 0) is 6.42 Å². The van der Waals surface area contributed by atoms with Gasteiger partial charge in [-0.2, -0.15) is 0 Å². The quantitative estimate of drug-likeness (QED) is 0.573. The van der Waals surface area contributed by atoms with Gasteiger partial charge in [0, 0.05) is 6.42 Å². The first-order valence-corrected chi connectivity index (χ1v) is 3.74. The molecule has 5 heteroatoms. The molecule has 0 heterocycles. The molecule has 0 unspecified atom stereocenters. The molecular formula is C7H15NO4. The van der Waals surface area contributed by atoms with Crippen molar-refractivity contribution in [3.05, 3.63) is 0 Å². The van der Waals surface area contributed by atoms with Crippen LogP contribution in [0, 0.1) is 0 Å². The van der Waals surface area contributed by atoms with E-state index in [0.29, 0.717) is 0 Å². The number of rotatable bonds is 4. The standard InChI is InChI=1S/C5H9NO4.C2H6/c6-3(5(9)10)1-2-4(7)8;1-2/h3H,1-2,6H2,(H,7,8)(H,9,10);1-2H3/t3-;/m0./s1. The van der Waals surface area contributed by atoms with E-state index in [1.807, 2.05) is 13.8 Å². The Bertz CT molecular complexity index is 146. The van der Waals surface area contributed by atoms with Crippen molar-refractivity contribution in [2.45, 2.75) is 32.7 Å². The van der Waals surface area contributed by atoms with E-state index in [2.05, 4.69) is 0 Å². The van der Waals surface area contributed by atoms with Gasteiger partial charge in [0.15, 0.2) is 0 Å². The van der Waals surface area contributed by atoms with Gasteiger partial charge in [-0.1, -0.05) is 13.8 Å². The zero-order valence-corrected chi connectivity index (χ0v) is 7.28. The molecule has 0 fully saturated rings. The Hall–Kier alpha value is -1.10. The molecule has 0 rings (SSSR count). The van der Waals surface area contributed by atoms with Gasteiger partial charge in [0.1, 0.15) is 6.04 Å². The molecule has 0 aromatic rings. The van der Waals surface area contributed by atoms with Crippen LogP contribution in [0.4, 0.5) is 0 Å². The van der Waals surface area contributed by atoms with Gasteiger partial charge in [-0.25, -0.2) is 0 Å². The maximum atomic E-state index is 9.99. The van der Waals surface area contributed by atoms with Crippen molar-refractivity contribution in [1.82, 2.24) is 0 Å². The minimum Gasteiger partial charge on any atom is -0.481 e. The summed E-state index contributed by atoms with van der Waals surface area (Å²) in [5, 5.41) is 16.3. The van der Waals surface area contributed by atoms with Crippen molar-refractivity contribution in [3.8, 4) is 0 Å². The third kappa shape index (κ3) is 8.90. The van der Waals surface area contributed by atoms with Crippen LogP contribution in [0.5, 0.6) is 0 Å². The van der Waals surface area contributed by atoms with E-state index < -0.39 is 18.0 Å². The largest absolute Gasteiger partial charge is 0.481 e. The fourth-order valence-corrected chi connectivity index (χ4v) is 0.402. The molecule has 0 aliphatic heterocycles. The maximum Gasteiger partial charge on any atom is 0.320 e. The highest BCUT2D eigenvalue weighted by molar-refractivity contribution is 5.74. The SMILES string of the molecule is CC.N[C@@H](CCC(=O)O)C(=O)O. The van der Waals surface area contributed by atoms with Crippen LogP contribution >= 0.6 is 0 Å². The summed E-state index contributed by atoms with van der Waals surface area (Å²) in [5.74, 6) is -2.20. The van der Waals surface area contributed by atoms with E-state index >= 15 is 0 Å². The Balaban J connectivity index is 0. The predicted octanol–water partition coefficient (Wildman–Crippen LogP) is 0.289. The Morgan fingerprint density at radius 2 is 1.75 bits per heavy atom. The highest BCUT2D eigenvalue weighted by atomic mass is 16.4. The lowest BCUT2D eigenvalue weighted by atomic mass is 10.2. The molecule has 0 aromatic carbocycles. The Kier molecular flexibility index (Phi) is 8.99. The average Bonchev–Trinajstić information content (AvgIpc) is 2.03. The topological polar surface area (TPSA) is 101 Å². The monoisotopic (exact) mass is 177 g/mol. The first-order chi connectivity index (χ1) is 5.54. The molecule has 0 aliphatic rings. The van der Waals surface area contributed by atoms with Gasteiger partial charge in [0.25, 0.3) is 0 Å². The van der Waals surface area contributed by atoms with Crippen LogP contribution < -0.4 is 5.73 Å². The minimum absolute atomic E-state index is 0.0231. The number of carboxylic acids is 2. The van der Waals surface area contributed by atoms with Crippen LogP contribution in [0.3, 0.4) is 0 Å². The zero-order chi connectivity index (χ0) is 10.1. The Morgan fingerprint density at radius 1 is 1.33 bits per heavy atom. The number of carbonyl (C=O) groups is 2. The molecule has 12 heavy (non-hydrogen) atoms. The van der Waals surface area contributed by atoms with Gasteiger partial charge < -0.3 is 15.9 Å². The molecule has 0 aromatic heterocycles. The third-order valence-corrected chi connectivity index (χ3v) is 0.986. The van der Waals surface area contributed by atoms with Crippen molar-refractivity contribution in [3.63, 3.8) is 0 Å². The molecule has 0 radical (unpaired) electrons. The van der Waals surface area contributed by atoms with Crippen molar-refractivity contribution >= 4 is 11.9 Å². The number of hydrogen-bond donors (Lipinski definition) is 3. The zero-order valence-electron chi connectivity index (χ0n) is 7.28. The van der Waals surface area contributed by atoms with Crippen LogP contribution in [0.1, 0.15) is 26.7 Å². The molecule has 1 atom stereocenters. The minimum atomic E-state index is -1.17. The second-order valence-electron chi connectivity index (χ2n) is 1.88. The smallest absolute Gasteiger partial charge is 0.320 e. The molecule has 0 saturated heterocycles. The van der Waals surface area contributed by atoms with Crippen LogP contribution in [-0.4, -0.2) is 28.2 Å². The molecule has 0 bridgehead atoms. The van der Waals surface area contributed by atoms with Crippen LogP contribution in [0.25, 0.3) is 0 Å². The third-order valence-electron chi connectivity index (χ3n) is 0.986. The van der Waals surface area contributed by atoms with Crippen molar-refractivity contribution in [1.29, 1.82) is 0 Å². The summed E-state index contributed by atoms with van der Waals surface area (Å²) in [6.07, 6.45) is -0.224. The number of hydrogen-bond acceptors (Lipinski definition) is 3. The summed E-state index contributed by atoms with van der Waals surface area (Å²) in [6, 6.07) is -1.06. The lowest BCUT2D eigenvalue weighted by Crippen LogP contribution is -2.30. The highest BCUT2D eigenvalue weighted by Gasteiger charge is 2.12. The van der Waals surface area contributed by atoms with E-state index in [1.165, 1.54) is 0 Å². The molecular weight excluding hydrogens is 162 g/mol. The van der Waals surface area contributed by atoms with E-state index in [-0.39, 0.29) is 12.8 Å². The second kappa shape index (κ2) is 8.00. The van der Waals surface area contributed by atoms with Crippen LogP contribution in [0.15, 0.2) is 0 Å². The predicted molar refractivity (Wildman–Crippen MR) is 43.8 cm³/mol. The summed E-state index contributed by atoms with van der Waals surface area (Å²) < 4.78 is 0. The fourth-order valence-electron chi connectivity index (χ4n) is 0.402. The molecule has 0 spiro atoms. The molecule has 72 valence electrons. The normalized spacial score (nSPS) is 10.9. The van der Waals surface area contributed by atoms with Crippen molar-refractivity contribution in [2.24, 2.45) is 5.73 Å². The van der Waals surface area contributed by atoms with Crippen LogP contribution in [0.2, 0.25) is 0 Å². The first kappa shape index (κ1) is 13.5. The second-order valence-corrected chi connectivity index (χ2v) is 1.88. The van der Waals surface area contributed by atoms with Gasteiger partial charge in [-0.3, -0.25) is 9.59 Å². The lowest BCUT2D eigenvalue weighted by Gasteiger charge is -2.01. The van der Waals surface area contributed by atoms with Gasteiger partial charge in [0.05, 0.1) is 0 Å². The van der Waals surface area contributed by atoms with Crippen molar-refractivity contribution in [2.75, 3.05) is 0 Å². The molecule has 5 nitrogen and oxygen atoms in total.